The zero-order valence-corrected chi connectivity index (χ0v) is 10.6. The van der Waals surface area contributed by atoms with Crippen molar-refractivity contribution < 1.29 is 14.6 Å². The Morgan fingerprint density at radius 1 is 1.47 bits per heavy atom. The standard InChI is InChI=1S/C13H23NO3/c1-2-17-12-6-10(7-12)8-13(16)14-5-3-4-11(15)9-14/h10-12,15H,2-9H2,1H3. The molecule has 1 atom stereocenters. The second-order valence-electron chi connectivity index (χ2n) is 5.25. The topological polar surface area (TPSA) is 49.8 Å². The molecule has 2 rings (SSSR count). The molecule has 1 N–H and O–H groups in total. The van der Waals surface area contributed by atoms with Crippen molar-refractivity contribution in [3.63, 3.8) is 0 Å². The summed E-state index contributed by atoms with van der Waals surface area (Å²) in [6, 6.07) is 0. The van der Waals surface area contributed by atoms with Crippen LogP contribution in [0.4, 0.5) is 0 Å². The molecule has 2 fully saturated rings. The second kappa shape index (κ2) is 5.83. The number of ether oxygens (including phenoxy) is 1. The third-order valence-electron chi connectivity index (χ3n) is 3.81. The van der Waals surface area contributed by atoms with Crippen LogP contribution in [0.2, 0.25) is 0 Å². The quantitative estimate of drug-likeness (QED) is 0.804. The van der Waals surface area contributed by atoms with E-state index in [2.05, 4.69) is 0 Å². The Morgan fingerprint density at radius 2 is 2.24 bits per heavy atom. The molecule has 0 aromatic rings. The number of rotatable bonds is 4. The predicted molar refractivity (Wildman–Crippen MR) is 64.6 cm³/mol. The van der Waals surface area contributed by atoms with Gasteiger partial charge in [-0.1, -0.05) is 0 Å². The smallest absolute Gasteiger partial charge is 0.222 e. The van der Waals surface area contributed by atoms with Gasteiger partial charge in [0.15, 0.2) is 0 Å². The highest BCUT2D eigenvalue weighted by molar-refractivity contribution is 5.76. The van der Waals surface area contributed by atoms with Gasteiger partial charge in [0.25, 0.3) is 0 Å². The Balaban J connectivity index is 1.68. The van der Waals surface area contributed by atoms with Crippen molar-refractivity contribution >= 4 is 5.91 Å². The first-order valence-electron chi connectivity index (χ1n) is 6.76. The first-order chi connectivity index (χ1) is 8.19. The van der Waals surface area contributed by atoms with Crippen molar-refractivity contribution in [2.24, 2.45) is 5.92 Å². The van der Waals surface area contributed by atoms with Crippen molar-refractivity contribution in [1.82, 2.24) is 4.90 Å². The van der Waals surface area contributed by atoms with Crippen LogP contribution in [-0.2, 0) is 9.53 Å². The number of amides is 1. The highest BCUT2D eigenvalue weighted by Crippen LogP contribution is 2.33. The molecular formula is C13H23NO3. The Bertz CT molecular complexity index is 263. The van der Waals surface area contributed by atoms with E-state index >= 15 is 0 Å². The zero-order valence-electron chi connectivity index (χ0n) is 10.6. The largest absolute Gasteiger partial charge is 0.391 e. The Morgan fingerprint density at radius 3 is 2.88 bits per heavy atom. The van der Waals surface area contributed by atoms with Gasteiger partial charge in [-0.3, -0.25) is 4.79 Å². The highest BCUT2D eigenvalue weighted by atomic mass is 16.5. The molecule has 2 aliphatic rings. The van der Waals surface area contributed by atoms with Crippen molar-refractivity contribution in [3.05, 3.63) is 0 Å². The van der Waals surface area contributed by atoms with Crippen LogP contribution in [0.25, 0.3) is 0 Å². The summed E-state index contributed by atoms with van der Waals surface area (Å²) in [5.41, 5.74) is 0. The molecular weight excluding hydrogens is 218 g/mol. The molecule has 1 saturated carbocycles. The summed E-state index contributed by atoms with van der Waals surface area (Å²) in [4.78, 5) is 13.8. The van der Waals surface area contributed by atoms with E-state index in [1.807, 2.05) is 11.8 Å². The van der Waals surface area contributed by atoms with Crippen molar-refractivity contribution in [3.8, 4) is 0 Å². The summed E-state index contributed by atoms with van der Waals surface area (Å²) in [5, 5.41) is 9.53. The van der Waals surface area contributed by atoms with Crippen LogP contribution >= 0.6 is 0 Å². The molecule has 98 valence electrons. The highest BCUT2D eigenvalue weighted by Gasteiger charge is 2.33. The molecule has 4 heteroatoms. The molecule has 0 radical (unpaired) electrons. The van der Waals surface area contributed by atoms with Crippen LogP contribution in [0, 0.1) is 5.92 Å². The molecule has 1 heterocycles. The van der Waals surface area contributed by atoms with E-state index in [1.54, 1.807) is 0 Å². The van der Waals surface area contributed by atoms with Gasteiger partial charge < -0.3 is 14.7 Å². The van der Waals surface area contributed by atoms with Gasteiger partial charge in [0.2, 0.25) is 5.91 Å². The maximum atomic E-state index is 12.0. The van der Waals surface area contributed by atoms with E-state index in [-0.39, 0.29) is 12.0 Å². The van der Waals surface area contributed by atoms with E-state index in [4.69, 9.17) is 4.74 Å². The molecule has 4 nitrogen and oxygen atoms in total. The summed E-state index contributed by atoms with van der Waals surface area (Å²) in [6.45, 7) is 4.12. The Labute approximate surface area is 103 Å². The van der Waals surface area contributed by atoms with E-state index in [1.165, 1.54) is 0 Å². The van der Waals surface area contributed by atoms with Gasteiger partial charge in [-0.05, 0) is 38.5 Å². The number of piperidine rings is 1. The monoisotopic (exact) mass is 241 g/mol. The van der Waals surface area contributed by atoms with Gasteiger partial charge in [0.05, 0.1) is 12.2 Å². The SMILES string of the molecule is CCOC1CC(CC(=O)N2CCCC(O)C2)C1. The summed E-state index contributed by atoms with van der Waals surface area (Å²) in [5.74, 6) is 0.710. The maximum Gasteiger partial charge on any atom is 0.222 e. The van der Waals surface area contributed by atoms with Crippen LogP contribution in [0.1, 0.15) is 39.0 Å². The lowest BCUT2D eigenvalue weighted by atomic mass is 9.79. The van der Waals surface area contributed by atoms with Gasteiger partial charge in [0.1, 0.15) is 0 Å². The molecule has 1 saturated heterocycles. The minimum absolute atomic E-state index is 0.212. The fraction of sp³-hybridized carbons (Fsp3) is 0.923. The minimum atomic E-state index is -0.315. The summed E-state index contributed by atoms with van der Waals surface area (Å²) >= 11 is 0. The molecule has 1 aliphatic heterocycles. The number of hydrogen-bond acceptors (Lipinski definition) is 3. The lowest BCUT2D eigenvalue weighted by Crippen LogP contribution is -2.44. The number of aliphatic hydroxyl groups excluding tert-OH is 1. The van der Waals surface area contributed by atoms with Crippen LogP contribution in [-0.4, -0.2) is 47.8 Å². The molecule has 0 bridgehead atoms. The predicted octanol–water partition coefficient (Wildman–Crippen LogP) is 1.17. The summed E-state index contributed by atoms with van der Waals surface area (Å²) in [7, 11) is 0. The van der Waals surface area contributed by atoms with Gasteiger partial charge in [-0.25, -0.2) is 0 Å². The fourth-order valence-corrected chi connectivity index (χ4v) is 2.77. The summed E-state index contributed by atoms with van der Waals surface area (Å²) in [6.07, 6.45) is 4.51. The molecule has 1 aliphatic carbocycles. The number of likely N-dealkylation sites (tertiary alicyclic amines) is 1. The Hall–Kier alpha value is -0.610. The number of carbonyl (C=O) groups is 1. The van der Waals surface area contributed by atoms with Gasteiger partial charge in [-0.2, -0.15) is 0 Å². The van der Waals surface area contributed by atoms with E-state index in [0.29, 0.717) is 25.0 Å². The molecule has 0 aromatic heterocycles. The number of nitrogens with zero attached hydrogens (tertiary/aromatic N) is 1. The van der Waals surface area contributed by atoms with Crippen molar-refractivity contribution in [2.45, 2.75) is 51.2 Å². The van der Waals surface area contributed by atoms with E-state index in [0.717, 1.165) is 38.8 Å². The average Bonchev–Trinajstić information content (AvgIpc) is 2.26. The van der Waals surface area contributed by atoms with Crippen LogP contribution in [0.5, 0.6) is 0 Å². The van der Waals surface area contributed by atoms with Gasteiger partial charge >= 0.3 is 0 Å². The lowest BCUT2D eigenvalue weighted by Gasteiger charge is -2.37. The maximum absolute atomic E-state index is 12.0. The fourth-order valence-electron chi connectivity index (χ4n) is 2.77. The van der Waals surface area contributed by atoms with Crippen LogP contribution < -0.4 is 0 Å². The molecule has 0 aromatic carbocycles. The van der Waals surface area contributed by atoms with Crippen LogP contribution in [0.15, 0.2) is 0 Å². The normalized spacial score (nSPS) is 33.3. The molecule has 1 amide bonds. The van der Waals surface area contributed by atoms with E-state index in [9.17, 15) is 9.90 Å². The van der Waals surface area contributed by atoms with Crippen molar-refractivity contribution in [1.29, 1.82) is 0 Å². The third-order valence-corrected chi connectivity index (χ3v) is 3.81. The van der Waals surface area contributed by atoms with Crippen LogP contribution in [0.3, 0.4) is 0 Å². The van der Waals surface area contributed by atoms with Gasteiger partial charge in [-0.15, -0.1) is 0 Å². The lowest BCUT2D eigenvalue weighted by molar-refractivity contribution is -0.137. The number of aliphatic hydroxyl groups is 1. The van der Waals surface area contributed by atoms with Crippen molar-refractivity contribution in [2.75, 3.05) is 19.7 Å². The Kier molecular flexibility index (Phi) is 4.40. The first kappa shape index (κ1) is 12.8. The zero-order chi connectivity index (χ0) is 12.3. The number of β-amino-alcohol motifs (C(OH)–C–C–N with tert-alkyl or cyclic N) is 1. The molecule has 1 unspecified atom stereocenters. The number of hydrogen-bond donors (Lipinski definition) is 1. The third kappa shape index (κ3) is 3.42. The first-order valence-corrected chi connectivity index (χ1v) is 6.76. The molecule has 0 spiro atoms. The minimum Gasteiger partial charge on any atom is -0.391 e. The number of carbonyl (C=O) groups excluding carboxylic acids is 1. The molecule has 17 heavy (non-hydrogen) atoms. The second-order valence-corrected chi connectivity index (χ2v) is 5.25. The average molecular weight is 241 g/mol. The van der Waals surface area contributed by atoms with E-state index < -0.39 is 0 Å². The van der Waals surface area contributed by atoms with Gasteiger partial charge in [0, 0.05) is 26.1 Å². The summed E-state index contributed by atoms with van der Waals surface area (Å²) < 4.78 is 5.49.